The number of benzene rings is 1. The predicted octanol–water partition coefficient (Wildman–Crippen LogP) is 1.33. The molecule has 0 aliphatic carbocycles. The van der Waals surface area contributed by atoms with Crippen molar-refractivity contribution in [3.63, 3.8) is 0 Å². The Bertz CT molecular complexity index is 305. The maximum Gasteiger partial charge on any atom is 0.471 e. The lowest BCUT2D eigenvalue weighted by Crippen LogP contribution is -2.11. The molecule has 0 spiro atoms. The number of hydrogen-bond acceptors (Lipinski definition) is 3. The van der Waals surface area contributed by atoms with Crippen molar-refractivity contribution in [2.24, 2.45) is 0 Å². The molecule has 0 saturated carbocycles. The molecule has 0 saturated heterocycles. The van der Waals surface area contributed by atoms with Crippen molar-refractivity contribution in [1.29, 1.82) is 0 Å². The topological polar surface area (TPSA) is 43.4 Å². The van der Waals surface area contributed by atoms with Crippen molar-refractivity contribution in [2.45, 2.75) is 6.92 Å². The van der Waals surface area contributed by atoms with E-state index < -0.39 is 5.97 Å². The highest BCUT2D eigenvalue weighted by Gasteiger charge is 2.12. The fourth-order valence-electron chi connectivity index (χ4n) is 0.815. The molecule has 0 unspecified atom stereocenters. The van der Waals surface area contributed by atoms with E-state index in [4.69, 9.17) is 4.74 Å². The molecule has 3 nitrogen and oxygen atoms in total. The number of carbonyl (C=O) groups excluding carboxylic acids is 1. The molecule has 0 atom stereocenters. The summed E-state index contributed by atoms with van der Waals surface area (Å²) >= 11 is 0.208. The van der Waals surface area contributed by atoms with E-state index in [1.807, 2.05) is 19.1 Å². The van der Waals surface area contributed by atoms with Crippen LogP contribution in [0.25, 0.3) is 0 Å². The van der Waals surface area contributed by atoms with Crippen molar-refractivity contribution in [3.05, 3.63) is 29.8 Å². The normalized spacial score (nSPS) is 9.31. The Morgan fingerprint density at radius 3 is 2.54 bits per heavy atom. The summed E-state index contributed by atoms with van der Waals surface area (Å²) in [7, 11) is 0. The van der Waals surface area contributed by atoms with Gasteiger partial charge in [-0.15, -0.1) is 0 Å². The van der Waals surface area contributed by atoms with Crippen LogP contribution in [0, 0.1) is 6.92 Å². The average Bonchev–Trinajstić information content (AvgIpc) is 2.09. The highest BCUT2D eigenvalue weighted by molar-refractivity contribution is 7.66. The largest absolute Gasteiger partial charge is 0.471 e. The maximum atomic E-state index is 10.9. The average molecular weight is 197 g/mol. The molecule has 0 fully saturated rings. The third kappa shape index (κ3) is 3.29. The third-order valence-electron chi connectivity index (χ3n) is 1.43. The Labute approximate surface area is 80.2 Å². The van der Waals surface area contributed by atoms with Crippen LogP contribution in [0.5, 0.6) is 5.75 Å². The molecule has 13 heavy (non-hydrogen) atoms. The first-order chi connectivity index (χ1) is 6.22. The van der Waals surface area contributed by atoms with Crippen molar-refractivity contribution < 1.29 is 13.7 Å². The molecule has 0 aliphatic rings. The number of ether oxygens (including phenoxy) is 1. The second kappa shape index (κ2) is 4.67. The SMILES string of the molecule is Cc1ccc(OC(=O)C[S+]=O)cc1. The second-order valence-corrected chi connectivity index (χ2v) is 3.07. The Hall–Kier alpha value is -1.29. The van der Waals surface area contributed by atoms with Gasteiger partial charge in [0.25, 0.3) is 0 Å². The maximum absolute atomic E-state index is 10.9. The zero-order valence-corrected chi connectivity index (χ0v) is 7.97. The van der Waals surface area contributed by atoms with Crippen molar-refractivity contribution in [3.8, 4) is 5.75 Å². The predicted molar refractivity (Wildman–Crippen MR) is 49.7 cm³/mol. The summed E-state index contributed by atoms with van der Waals surface area (Å²) in [5.74, 6) is -0.193. The van der Waals surface area contributed by atoms with Crippen LogP contribution in [-0.4, -0.2) is 11.7 Å². The van der Waals surface area contributed by atoms with Gasteiger partial charge in [-0.2, -0.15) is 0 Å². The summed E-state index contributed by atoms with van der Waals surface area (Å²) in [5, 5.41) is 0. The minimum atomic E-state index is -0.510. The lowest BCUT2D eigenvalue weighted by atomic mass is 10.2. The minimum Gasteiger partial charge on any atom is -0.422 e. The van der Waals surface area contributed by atoms with Crippen molar-refractivity contribution in [1.82, 2.24) is 0 Å². The zero-order chi connectivity index (χ0) is 9.68. The van der Waals surface area contributed by atoms with Gasteiger partial charge >= 0.3 is 23.4 Å². The smallest absolute Gasteiger partial charge is 0.422 e. The van der Waals surface area contributed by atoms with E-state index in [9.17, 15) is 9.00 Å². The summed E-state index contributed by atoms with van der Waals surface area (Å²) in [6.07, 6.45) is 0. The molecule has 0 heterocycles. The van der Waals surface area contributed by atoms with Gasteiger partial charge in [0.1, 0.15) is 5.75 Å². The van der Waals surface area contributed by atoms with E-state index in [0.717, 1.165) is 5.56 Å². The molecule has 0 radical (unpaired) electrons. The van der Waals surface area contributed by atoms with Gasteiger partial charge in [-0.1, -0.05) is 17.7 Å². The molecule has 68 valence electrons. The van der Waals surface area contributed by atoms with Crippen LogP contribution in [-0.2, 0) is 20.7 Å². The molecule has 4 heteroatoms. The molecule has 0 N–H and O–H groups in total. The quantitative estimate of drug-likeness (QED) is 0.417. The first-order valence-corrected chi connectivity index (χ1v) is 4.65. The molecule has 0 bridgehead atoms. The van der Waals surface area contributed by atoms with Crippen LogP contribution in [0.2, 0.25) is 0 Å². The lowest BCUT2D eigenvalue weighted by molar-refractivity contribution is -0.131. The number of esters is 1. The Kier molecular flexibility index (Phi) is 3.52. The van der Waals surface area contributed by atoms with Crippen LogP contribution in [0.4, 0.5) is 0 Å². The highest BCUT2D eigenvalue weighted by atomic mass is 32.1. The number of aryl methyl sites for hydroxylation is 1. The Balaban J connectivity index is 2.59. The number of hydrogen-bond donors (Lipinski definition) is 0. The summed E-state index contributed by atoms with van der Waals surface area (Å²) in [4.78, 5) is 10.9. The van der Waals surface area contributed by atoms with E-state index in [1.54, 1.807) is 12.1 Å². The summed E-state index contributed by atoms with van der Waals surface area (Å²) in [6.45, 7) is 1.94. The fraction of sp³-hybridized carbons (Fsp3) is 0.222. The molecule has 1 aromatic carbocycles. The van der Waals surface area contributed by atoms with Gasteiger partial charge in [0.05, 0.1) is 0 Å². The van der Waals surface area contributed by atoms with Crippen LogP contribution in [0.3, 0.4) is 0 Å². The molecule has 1 rings (SSSR count). The Morgan fingerprint density at radius 2 is 2.00 bits per heavy atom. The standard InChI is InChI=1S/C9H9O3S/c1-7-2-4-8(5-3-7)12-9(10)6-13-11/h2-5H,6H2,1H3/q+1. The molecular weight excluding hydrogens is 188 g/mol. The highest BCUT2D eigenvalue weighted by Crippen LogP contribution is 2.11. The van der Waals surface area contributed by atoms with Crippen LogP contribution >= 0.6 is 0 Å². The summed E-state index contributed by atoms with van der Waals surface area (Å²) < 4.78 is 14.9. The van der Waals surface area contributed by atoms with Gasteiger partial charge in [-0.3, -0.25) is 0 Å². The number of rotatable bonds is 3. The lowest BCUT2D eigenvalue weighted by Gasteiger charge is -1.99. The molecule has 0 aliphatic heterocycles. The van der Waals surface area contributed by atoms with E-state index in [0.29, 0.717) is 5.75 Å². The van der Waals surface area contributed by atoms with Gasteiger partial charge < -0.3 is 4.74 Å². The van der Waals surface area contributed by atoms with Gasteiger partial charge in [-0.25, -0.2) is 4.79 Å². The van der Waals surface area contributed by atoms with Crippen LogP contribution < -0.4 is 4.74 Å². The number of carbonyl (C=O) groups is 1. The van der Waals surface area contributed by atoms with Crippen molar-refractivity contribution in [2.75, 3.05) is 5.75 Å². The van der Waals surface area contributed by atoms with E-state index in [2.05, 4.69) is 0 Å². The van der Waals surface area contributed by atoms with Gasteiger partial charge in [0.15, 0.2) is 0 Å². The Morgan fingerprint density at radius 1 is 1.38 bits per heavy atom. The second-order valence-electron chi connectivity index (χ2n) is 2.55. The summed E-state index contributed by atoms with van der Waals surface area (Å²) in [6, 6.07) is 7.07. The zero-order valence-electron chi connectivity index (χ0n) is 7.15. The molecule has 0 amide bonds. The first kappa shape index (κ1) is 9.80. The first-order valence-electron chi connectivity index (χ1n) is 3.74. The van der Waals surface area contributed by atoms with Crippen molar-refractivity contribution >= 4 is 17.6 Å². The monoisotopic (exact) mass is 197 g/mol. The van der Waals surface area contributed by atoms with E-state index in [-0.39, 0.29) is 17.4 Å². The van der Waals surface area contributed by atoms with E-state index >= 15 is 0 Å². The molecular formula is C9H9O3S+. The molecule has 1 aromatic rings. The van der Waals surface area contributed by atoms with Gasteiger partial charge in [0, 0.05) is 4.21 Å². The van der Waals surface area contributed by atoms with E-state index in [1.165, 1.54) is 0 Å². The van der Waals surface area contributed by atoms with Gasteiger partial charge in [0.2, 0.25) is 0 Å². The fourth-order valence-corrected chi connectivity index (χ4v) is 0.970. The molecule has 0 aromatic heterocycles. The summed E-state index contributed by atoms with van der Waals surface area (Å²) in [5.41, 5.74) is 1.10. The third-order valence-corrected chi connectivity index (χ3v) is 1.78. The van der Waals surface area contributed by atoms with Crippen LogP contribution in [0.15, 0.2) is 24.3 Å². The van der Waals surface area contributed by atoms with Crippen LogP contribution in [0.1, 0.15) is 5.56 Å². The van der Waals surface area contributed by atoms with Gasteiger partial charge in [-0.05, 0) is 19.1 Å². The minimum absolute atomic E-state index is 0.159.